The minimum absolute atomic E-state index is 0.0573. The summed E-state index contributed by atoms with van der Waals surface area (Å²) in [6.07, 6.45) is 6.27. The fraction of sp³-hybridized carbons (Fsp3) is 0.318. The molecule has 2 unspecified atom stereocenters. The molecule has 170 valence electrons. The van der Waals surface area contributed by atoms with Crippen molar-refractivity contribution < 1.29 is 19.4 Å². The molecule has 3 rings (SSSR count). The van der Waals surface area contributed by atoms with Gasteiger partial charge in [-0.2, -0.15) is 5.10 Å². The second-order valence-corrected chi connectivity index (χ2v) is 7.64. The van der Waals surface area contributed by atoms with Crippen molar-refractivity contribution in [3.05, 3.63) is 59.3 Å². The van der Waals surface area contributed by atoms with Gasteiger partial charge in [0, 0.05) is 12.4 Å². The van der Waals surface area contributed by atoms with Gasteiger partial charge in [-0.1, -0.05) is 30.4 Å². The average Bonchev–Trinajstić information content (AvgIpc) is 3.15. The first-order chi connectivity index (χ1) is 15.4. The lowest BCUT2D eigenvalue weighted by Gasteiger charge is -2.17. The van der Waals surface area contributed by atoms with Gasteiger partial charge in [0.05, 0.1) is 25.3 Å². The molecule has 1 aliphatic carbocycles. The van der Waals surface area contributed by atoms with Crippen LogP contribution in [-0.4, -0.2) is 52.8 Å². The number of aromatic nitrogens is 2. The van der Waals surface area contributed by atoms with Crippen molar-refractivity contribution in [2.75, 3.05) is 31.9 Å². The Hall–Kier alpha value is -3.30. The van der Waals surface area contributed by atoms with Crippen LogP contribution in [0.2, 0.25) is 0 Å². The zero-order valence-electron chi connectivity index (χ0n) is 17.6. The summed E-state index contributed by atoms with van der Waals surface area (Å²) >= 11 is 5.88. The third-order valence-corrected chi connectivity index (χ3v) is 5.62. The predicted molar refractivity (Wildman–Crippen MR) is 123 cm³/mol. The molecule has 0 saturated carbocycles. The smallest absolute Gasteiger partial charge is 0.255 e. The maximum Gasteiger partial charge on any atom is 0.255 e. The number of rotatable bonds is 9. The van der Waals surface area contributed by atoms with Gasteiger partial charge in [0.2, 0.25) is 0 Å². The van der Waals surface area contributed by atoms with E-state index in [1.807, 2.05) is 18.2 Å². The van der Waals surface area contributed by atoms with Crippen LogP contribution in [0.1, 0.15) is 38.9 Å². The van der Waals surface area contributed by atoms with Crippen LogP contribution < -0.4 is 21.5 Å². The summed E-state index contributed by atoms with van der Waals surface area (Å²) in [5.41, 5.74) is 13.2. The van der Waals surface area contributed by atoms with Crippen molar-refractivity contribution in [2.24, 2.45) is 11.7 Å². The van der Waals surface area contributed by atoms with E-state index in [2.05, 4.69) is 10.4 Å². The molecule has 1 heterocycles. The summed E-state index contributed by atoms with van der Waals surface area (Å²) in [6, 6.07) is 6.44. The van der Waals surface area contributed by atoms with Crippen molar-refractivity contribution >= 4 is 34.8 Å². The maximum atomic E-state index is 12.5. The van der Waals surface area contributed by atoms with E-state index in [0.29, 0.717) is 35.5 Å². The minimum atomic E-state index is -0.712. The van der Waals surface area contributed by atoms with Crippen molar-refractivity contribution in [1.29, 1.82) is 0 Å². The summed E-state index contributed by atoms with van der Waals surface area (Å²) in [6.45, 7) is 0.144. The normalized spacial score (nSPS) is 16.3. The Morgan fingerprint density at radius 3 is 2.75 bits per heavy atom. The van der Waals surface area contributed by atoms with Crippen molar-refractivity contribution in [3.63, 3.8) is 0 Å². The fourth-order valence-corrected chi connectivity index (χ4v) is 3.73. The highest BCUT2D eigenvalue weighted by atomic mass is 35.5. The van der Waals surface area contributed by atoms with Gasteiger partial charge in [-0.05, 0) is 30.0 Å². The number of methoxy groups -OCH3 is 1. The number of nitrogens with zero attached hydrogens (tertiary/aromatic N) is 2. The quantitative estimate of drug-likeness (QED) is 0.420. The van der Waals surface area contributed by atoms with Gasteiger partial charge >= 0.3 is 0 Å². The number of nitrogen functional groups attached to an aromatic ring is 1. The summed E-state index contributed by atoms with van der Waals surface area (Å²) in [4.78, 5) is 24.5. The lowest BCUT2D eigenvalue weighted by atomic mass is 9.93. The predicted octanol–water partition coefficient (Wildman–Crippen LogP) is 1.73. The number of benzene rings is 1. The number of amides is 2. The molecular formula is C22H26ClN5O4. The number of nitrogens with two attached hydrogens (primary N) is 2. The standard InChI is InChI=1S/C22H26ClN5O4/c1-32-17-5-3-2-4-16(17)22(31)26-11-13-6-8-14(9-7-13)19-18(21(25)30)20(24)28(27-19)15(10-23)12-29/h2-6,8-9,13,15,29H,7,10-12,24H2,1H3,(H2,25,30)(H,26,31). The van der Waals surface area contributed by atoms with Gasteiger partial charge in [-0.25, -0.2) is 4.68 Å². The fourth-order valence-electron chi connectivity index (χ4n) is 3.51. The molecule has 0 saturated heterocycles. The number of aliphatic hydroxyl groups is 1. The molecule has 32 heavy (non-hydrogen) atoms. The highest BCUT2D eigenvalue weighted by Crippen LogP contribution is 2.30. The van der Waals surface area contributed by atoms with Gasteiger partial charge in [-0.3, -0.25) is 9.59 Å². The number of ether oxygens (including phenoxy) is 1. The van der Waals surface area contributed by atoms with E-state index in [4.69, 9.17) is 27.8 Å². The zero-order chi connectivity index (χ0) is 23.3. The molecule has 0 fully saturated rings. The van der Waals surface area contributed by atoms with Gasteiger partial charge < -0.3 is 26.6 Å². The van der Waals surface area contributed by atoms with Crippen LogP contribution in [-0.2, 0) is 0 Å². The van der Waals surface area contributed by atoms with Crippen LogP contribution >= 0.6 is 11.6 Å². The number of hydrogen-bond acceptors (Lipinski definition) is 6. The maximum absolute atomic E-state index is 12.5. The Morgan fingerprint density at radius 2 is 2.16 bits per heavy atom. The summed E-state index contributed by atoms with van der Waals surface area (Å²) in [5.74, 6) is -0.228. The molecule has 1 aliphatic rings. The van der Waals surface area contributed by atoms with Crippen LogP contribution in [0.3, 0.4) is 0 Å². The highest BCUT2D eigenvalue weighted by molar-refractivity contribution is 6.18. The molecule has 0 spiro atoms. The molecular weight excluding hydrogens is 434 g/mol. The lowest BCUT2D eigenvalue weighted by molar-refractivity contribution is 0.0945. The van der Waals surface area contributed by atoms with Crippen LogP contribution in [0, 0.1) is 5.92 Å². The molecule has 0 bridgehead atoms. The van der Waals surface area contributed by atoms with E-state index in [0.717, 1.165) is 0 Å². The zero-order valence-corrected chi connectivity index (χ0v) is 18.4. The molecule has 2 atom stereocenters. The Labute approximate surface area is 190 Å². The molecule has 2 amide bonds. The minimum Gasteiger partial charge on any atom is -0.496 e. The van der Waals surface area contributed by atoms with Crippen LogP contribution in [0.4, 0.5) is 5.82 Å². The topological polar surface area (TPSA) is 145 Å². The molecule has 0 aliphatic heterocycles. The van der Waals surface area contributed by atoms with E-state index < -0.39 is 11.9 Å². The van der Waals surface area contributed by atoms with Gasteiger partial charge in [0.25, 0.3) is 11.8 Å². The van der Waals surface area contributed by atoms with Crippen LogP contribution in [0.25, 0.3) is 5.57 Å². The molecule has 0 radical (unpaired) electrons. The number of anilines is 1. The van der Waals surface area contributed by atoms with Gasteiger partial charge in [0.1, 0.15) is 22.8 Å². The van der Waals surface area contributed by atoms with Crippen molar-refractivity contribution in [2.45, 2.75) is 12.5 Å². The van der Waals surface area contributed by atoms with E-state index in [1.54, 1.807) is 24.3 Å². The summed E-state index contributed by atoms with van der Waals surface area (Å²) in [5, 5.41) is 16.8. The molecule has 6 N–H and O–H groups in total. The Morgan fingerprint density at radius 1 is 1.41 bits per heavy atom. The Bertz CT molecular complexity index is 1060. The number of carbonyl (C=O) groups excluding carboxylic acids is 2. The first-order valence-electron chi connectivity index (χ1n) is 10.1. The molecule has 10 heteroatoms. The van der Waals surface area contributed by atoms with Crippen LogP contribution in [0.5, 0.6) is 5.75 Å². The Kier molecular flexibility index (Phi) is 7.55. The third-order valence-electron chi connectivity index (χ3n) is 5.27. The van der Waals surface area contributed by atoms with Crippen molar-refractivity contribution in [3.8, 4) is 5.75 Å². The first-order valence-corrected chi connectivity index (χ1v) is 10.6. The highest BCUT2D eigenvalue weighted by Gasteiger charge is 2.26. The average molecular weight is 460 g/mol. The number of primary amides is 1. The number of aliphatic hydroxyl groups excluding tert-OH is 1. The second kappa shape index (κ2) is 10.3. The number of carbonyl (C=O) groups is 2. The number of allylic oxidation sites excluding steroid dienone is 3. The lowest BCUT2D eigenvalue weighted by Crippen LogP contribution is -2.29. The number of hydrogen-bond donors (Lipinski definition) is 4. The number of nitrogens with one attached hydrogen (secondary N) is 1. The number of alkyl halides is 1. The van der Waals surface area contributed by atoms with E-state index in [1.165, 1.54) is 11.8 Å². The van der Waals surface area contributed by atoms with Gasteiger partial charge in [-0.15, -0.1) is 11.6 Å². The molecule has 1 aromatic carbocycles. The summed E-state index contributed by atoms with van der Waals surface area (Å²) in [7, 11) is 1.52. The second-order valence-electron chi connectivity index (χ2n) is 7.33. The van der Waals surface area contributed by atoms with E-state index in [9.17, 15) is 14.7 Å². The SMILES string of the molecule is COc1ccccc1C(=O)NCC1C=CC(c2nn(C(CO)CCl)c(N)c2C(N)=O)=CC1. The van der Waals surface area contributed by atoms with Gasteiger partial charge in [0.15, 0.2) is 0 Å². The third kappa shape index (κ3) is 4.79. The summed E-state index contributed by atoms with van der Waals surface area (Å²) < 4.78 is 6.56. The van der Waals surface area contributed by atoms with Crippen molar-refractivity contribution in [1.82, 2.24) is 15.1 Å². The largest absolute Gasteiger partial charge is 0.496 e. The monoisotopic (exact) mass is 459 g/mol. The molecule has 2 aromatic rings. The van der Waals surface area contributed by atoms with E-state index in [-0.39, 0.29) is 35.7 Å². The molecule has 1 aromatic heterocycles. The van der Waals surface area contributed by atoms with E-state index >= 15 is 0 Å². The number of para-hydroxylation sites is 1. The Balaban J connectivity index is 1.72. The first kappa shape index (κ1) is 23.4. The number of halogens is 1. The molecule has 9 nitrogen and oxygen atoms in total. The van der Waals surface area contributed by atoms with Crippen LogP contribution in [0.15, 0.2) is 42.5 Å².